The molecule has 1 N–H and O–H groups in total. The number of nitrogens with zero attached hydrogens (tertiary/aromatic N) is 3. The first-order valence-electron chi connectivity index (χ1n) is 8.19. The van der Waals surface area contributed by atoms with Crippen LogP contribution < -0.4 is 0 Å². The predicted molar refractivity (Wildman–Crippen MR) is 87.4 cm³/mol. The summed E-state index contributed by atoms with van der Waals surface area (Å²) >= 11 is 0. The molecule has 0 amide bonds. The monoisotopic (exact) mass is 317 g/mol. The summed E-state index contributed by atoms with van der Waals surface area (Å²) in [6.07, 6.45) is 4.32. The zero-order valence-electron chi connectivity index (χ0n) is 13.7. The van der Waals surface area contributed by atoms with Crippen molar-refractivity contribution in [1.29, 1.82) is 0 Å². The minimum atomic E-state index is -0.545. The van der Waals surface area contributed by atoms with Gasteiger partial charge in [-0.25, -0.2) is 4.39 Å². The Bertz CT molecular complexity index is 653. The highest BCUT2D eigenvalue weighted by Gasteiger charge is 2.27. The lowest BCUT2D eigenvalue weighted by Crippen LogP contribution is -2.30. The van der Waals surface area contributed by atoms with Crippen LogP contribution in [0.4, 0.5) is 4.39 Å². The van der Waals surface area contributed by atoms with Crippen molar-refractivity contribution < 1.29 is 9.50 Å². The molecule has 1 saturated heterocycles. The van der Waals surface area contributed by atoms with Crippen molar-refractivity contribution in [1.82, 2.24) is 14.7 Å². The lowest BCUT2D eigenvalue weighted by Gasteiger charge is -2.26. The molecule has 1 aromatic carbocycles. The van der Waals surface area contributed by atoms with Crippen LogP contribution in [0.5, 0.6) is 0 Å². The minimum absolute atomic E-state index is 0.268. The van der Waals surface area contributed by atoms with Crippen LogP contribution >= 0.6 is 0 Å². The summed E-state index contributed by atoms with van der Waals surface area (Å²) in [6.45, 7) is 4.01. The molecule has 0 bridgehead atoms. The Balaban J connectivity index is 1.64. The van der Waals surface area contributed by atoms with Crippen LogP contribution in [0.3, 0.4) is 0 Å². The highest BCUT2D eigenvalue weighted by molar-refractivity contribution is 5.19. The van der Waals surface area contributed by atoms with Gasteiger partial charge in [0.1, 0.15) is 5.82 Å². The predicted octanol–water partition coefficient (Wildman–Crippen LogP) is 2.96. The Kier molecular flexibility index (Phi) is 4.78. The lowest BCUT2D eigenvalue weighted by molar-refractivity contribution is 0.118. The second kappa shape index (κ2) is 6.81. The Morgan fingerprint density at radius 1 is 1.35 bits per heavy atom. The van der Waals surface area contributed by atoms with E-state index in [0.29, 0.717) is 12.5 Å². The maximum Gasteiger partial charge on any atom is 0.123 e. The molecule has 0 aliphatic carbocycles. The normalized spacial score (nSPS) is 20.1. The van der Waals surface area contributed by atoms with Crippen molar-refractivity contribution in [2.75, 3.05) is 6.54 Å². The van der Waals surface area contributed by atoms with Gasteiger partial charge in [0.05, 0.1) is 12.3 Å². The maximum absolute atomic E-state index is 13.0. The third-order valence-electron chi connectivity index (χ3n) is 4.96. The van der Waals surface area contributed by atoms with E-state index in [1.54, 1.807) is 12.1 Å². The molecule has 2 heterocycles. The van der Waals surface area contributed by atoms with E-state index in [2.05, 4.69) is 16.9 Å². The molecule has 1 aromatic heterocycles. The number of aliphatic hydroxyl groups excluding tert-OH is 1. The molecule has 1 aliphatic heterocycles. The molecule has 1 fully saturated rings. The average Bonchev–Trinajstić information content (AvgIpc) is 3.10. The standard InChI is InChI=1S/C18H24FN3O/c1-13-15(11-20-21(13)2)12-22-9-3-4-17(22)10-18(23)14-5-7-16(19)8-6-14/h5-8,11,17-18,23H,3-4,9-10,12H2,1-2H3. The second-order valence-corrected chi connectivity index (χ2v) is 6.45. The average molecular weight is 317 g/mol. The van der Waals surface area contributed by atoms with E-state index in [9.17, 15) is 9.50 Å². The number of aliphatic hydroxyl groups is 1. The lowest BCUT2D eigenvalue weighted by atomic mass is 10.00. The third-order valence-corrected chi connectivity index (χ3v) is 4.96. The summed E-state index contributed by atoms with van der Waals surface area (Å²) in [7, 11) is 1.96. The topological polar surface area (TPSA) is 41.3 Å². The zero-order chi connectivity index (χ0) is 16.4. The zero-order valence-corrected chi connectivity index (χ0v) is 13.7. The SMILES string of the molecule is Cc1c(CN2CCCC2CC(O)c2ccc(F)cc2)cnn1C. The Labute approximate surface area is 136 Å². The van der Waals surface area contributed by atoms with E-state index in [-0.39, 0.29) is 5.82 Å². The van der Waals surface area contributed by atoms with Crippen molar-refractivity contribution in [3.63, 3.8) is 0 Å². The first kappa shape index (κ1) is 16.1. The van der Waals surface area contributed by atoms with E-state index in [1.165, 1.54) is 23.4 Å². The summed E-state index contributed by atoms with van der Waals surface area (Å²) in [5.74, 6) is -0.268. The molecule has 4 nitrogen and oxygen atoms in total. The van der Waals surface area contributed by atoms with Gasteiger partial charge in [0, 0.05) is 30.9 Å². The summed E-state index contributed by atoms with van der Waals surface area (Å²) in [4.78, 5) is 2.43. The molecule has 23 heavy (non-hydrogen) atoms. The molecule has 2 unspecified atom stereocenters. The number of halogens is 1. The first-order chi connectivity index (χ1) is 11.0. The number of rotatable bonds is 5. The van der Waals surface area contributed by atoms with Gasteiger partial charge >= 0.3 is 0 Å². The van der Waals surface area contributed by atoms with E-state index >= 15 is 0 Å². The number of benzene rings is 1. The van der Waals surface area contributed by atoms with Crippen molar-refractivity contribution >= 4 is 0 Å². The Hall–Kier alpha value is -1.72. The molecule has 0 radical (unpaired) electrons. The van der Waals surface area contributed by atoms with Gasteiger partial charge in [-0.15, -0.1) is 0 Å². The quantitative estimate of drug-likeness (QED) is 0.922. The van der Waals surface area contributed by atoms with Crippen LogP contribution in [0.25, 0.3) is 0 Å². The molecule has 1 aliphatic rings. The van der Waals surface area contributed by atoms with Gasteiger partial charge < -0.3 is 5.11 Å². The fourth-order valence-corrected chi connectivity index (χ4v) is 3.37. The summed E-state index contributed by atoms with van der Waals surface area (Å²) in [6, 6.07) is 6.51. The number of likely N-dealkylation sites (tertiary alicyclic amines) is 1. The molecular weight excluding hydrogens is 293 g/mol. The van der Waals surface area contributed by atoms with Crippen LogP contribution in [0.2, 0.25) is 0 Å². The number of aromatic nitrogens is 2. The summed E-state index contributed by atoms with van der Waals surface area (Å²) < 4.78 is 14.9. The van der Waals surface area contributed by atoms with Crippen LogP contribution in [-0.4, -0.2) is 32.4 Å². The fourth-order valence-electron chi connectivity index (χ4n) is 3.37. The van der Waals surface area contributed by atoms with Crippen molar-refractivity contribution in [2.24, 2.45) is 7.05 Å². The molecule has 0 spiro atoms. The van der Waals surface area contributed by atoms with Gasteiger partial charge in [-0.05, 0) is 50.4 Å². The van der Waals surface area contributed by atoms with E-state index in [4.69, 9.17) is 0 Å². The van der Waals surface area contributed by atoms with Crippen molar-refractivity contribution in [2.45, 2.75) is 44.9 Å². The van der Waals surface area contributed by atoms with E-state index in [1.807, 2.05) is 17.9 Å². The van der Waals surface area contributed by atoms with Gasteiger partial charge in [0.15, 0.2) is 0 Å². The summed E-state index contributed by atoms with van der Waals surface area (Å²) in [5.41, 5.74) is 3.22. The smallest absolute Gasteiger partial charge is 0.123 e. The molecule has 124 valence electrons. The molecule has 3 rings (SSSR count). The fraction of sp³-hybridized carbons (Fsp3) is 0.500. The molecule has 0 saturated carbocycles. The van der Waals surface area contributed by atoms with Gasteiger partial charge in [-0.3, -0.25) is 9.58 Å². The molecular formula is C18H24FN3O. The van der Waals surface area contributed by atoms with Gasteiger partial charge in [-0.2, -0.15) is 5.10 Å². The molecule has 2 atom stereocenters. The number of hydrogen-bond donors (Lipinski definition) is 1. The Morgan fingerprint density at radius 2 is 2.09 bits per heavy atom. The van der Waals surface area contributed by atoms with Crippen LogP contribution in [0.1, 0.15) is 42.2 Å². The molecule has 5 heteroatoms. The highest BCUT2D eigenvalue weighted by atomic mass is 19.1. The van der Waals surface area contributed by atoms with Gasteiger partial charge in [0.25, 0.3) is 0 Å². The second-order valence-electron chi connectivity index (χ2n) is 6.45. The van der Waals surface area contributed by atoms with Crippen molar-refractivity contribution in [3.8, 4) is 0 Å². The first-order valence-corrected chi connectivity index (χ1v) is 8.19. The van der Waals surface area contributed by atoms with E-state index in [0.717, 1.165) is 31.5 Å². The van der Waals surface area contributed by atoms with Crippen LogP contribution in [0, 0.1) is 12.7 Å². The summed E-state index contributed by atoms with van der Waals surface area (Å²) in [5, 5.41) is 14.8. The van der Waals surface area contributed by atoms with E-state index < -0.39 is 6.10 Å². The Morgan fingerprint density at radius 3 is 2.74 bits per heavy atom. The third kappa shape index (κ3) is 3.62. The number of aryl methyl sites for hydroxylation is 1. The molecule has 2 aromatic rings. The van der Waals surface area contributed by atoms with Gasteiger partial charge in [-0.1, -0.05) is 12.1 Å². The minimum Gasteiger partial charge on any atom is -0.388 e. The van der Waals surface area contributed by atoms with Crippen LogP contribution in [0.15, 0.2) is 30.5 Å². The number of hydrogen-bond acceptors (Lipinski definition) is 3. The van der Waals surface area contributed by atoms with Crippen molar-refractivity contribution in [3.05, 3.63) is 53.1 Å². The largest absolute Gasteiger partial charge is 0.388 e. The van der Waals surface area contributed by atoms with Gasteiger partial charge in [0.2, 0.25) is 0 Å². The maximum atomic E-state index is 13.0. The van der Waals surface area contributed by atoms with Crippen LogP contribution in [-0.2, 0) is 13.6 Å². The highest BCUT2D eigenvalue weighted by Crippen LogP contribution is 2.29.